The summed E-state index contributed by atoms with van der Waals surface area (Å²) in [4.78, 5) is 3.97. The van der Waals surface area contributed by atoms with Crippen molar-refractivity contribution in [2.45, 2.75) is 37.4 Å². The van der Waals surface area contributed by atoms with Crippen LogP contribution in [0.2, 0.25) is 0 Å². The van der Waals surface area contributed by atoms with E-state index in [9.17, 15) is 13.2 Å². The van der Waals surface area contributed by atoms with Crippen LogP contribution in [0.25, 0.3) is 0 Å². The van der Waals surface area contributed by atoms with E-state index in [0.29, 0.717) is 12.8 Å². The van der Waals surface area contributed by atoms with Crippen molar-refractivity contribution in [2.24, 2.45) is 11.7 Å². The van der Waals surface area contributed by atoms with Crippen molar-refractivity contribution in [1.82, 2.24) is 4.98 Å². The second-order valence-corrected chi connectivity index (χ2v) is 4.71. The molecule has 0 aliphatic heterocycles. The topological polar surface area (TPSA) is 38.9 Å². The minimum atomic E-state index is -4.09. The molecule has 1 heterocycles. The maximum atomic E-state index is 12.5. The van der Waals surface area contributed by atoms with Gasteiger partial charge in [-0.2, -0.15) is 13.2 Å². The number of pyridine rings is 1. The van der Waals surface area contributed by atoms with Gasteiger partial charge in [-0.15, -0.1) is 0 Å². The van der Waals surface area contributed by atoms with Crippen LogP contribution in [0.3, 0.4) is 0 Å². The highest BCUT2D eigenvalue weighted by molar-refractivity contribution is 5.20. The SMILES string of the molecule is NC1(c2cccnc2)CCC(C(F)(F)F)CC1. The molecule has 0 spiro atoms. The van der Waals surface area contributed by atoms with Gasteiger partial charge in [0.1, 0.15) is 0 Å². The van der Waals surface area contributed by atoms with Gasteiger partial charge in [0.05, 0.1) is 5.92 Å². The van der Waals surface area contributed by atoms with Gasteiger partial charge in [-0.25, -0.2) is 0 Å². The maximum absolute atomic E-state index is 12.5. The van der Waals surface area contributed by atoms with Crippen molar-refractivity contribution in [3.63, 3.8) is 0 Å². The van der Waals surface area contributed by atoms with Crippen LogP contribution in [0.4, 0.5) is 13.2 Å². The van der Waals surface area contributed by atoms with Crippen LogP contribution in [0.1, 0.15) is 31.2 Å². The summed E-state index contributed by atoms with van der Waals surface area (Å²) in [6.45, 7) is 0. The van der Waals surface area contributed by atoms with Gasteiger partial charge in [-0.3, -0.25) is 4.98 Å². The number of rotatable bonds is 1. The molecule has 1 fully saturated rings. The first-order valence-electron chi connectivity index (χ1n) is 5.68. The fraction of sp³-hybridized carbons (Fsp3) is 0.583. The lowest BCUT2D eigenvalue weighted by Crippen LogP contribution is -2.43. The van der Waals surface area contributed by atoms with E-state index < -0.39 is 17.6 Å². The molecule has 0 radical (unpaired) electrons. The molecule has 1 saturated carbocycles. The molecule has 0 aromatic carbocycles. The van der Waals surface area contributed by atoms with Crippen molar-refractivity contribution in [3.8, 4) is 0 Å². The van der Waals surface area contributed by atoms with Gasteiger partial charge in [-0.05, 0) is 37.3 Å². The van der Waals surface area contributed by atoms with Crippen LogP contribution >= 0.6 is 0 Å². The molecule has 1 aliphatic carbocycles. The Balaban J connectivity index is 2.08. The van der Waals surface area contributed by atoms with Gasteiger partial charge < -0.3 is 5.73 Å². The largest absolute Gasteiger partial charge is 0.391 e. The molecule has 0 atom stereocenters. The number of hydrogen-bond acceptors (Lipinski definition) is 2. The number of alkyl halides is 3. The third-order valence-electron chi connectivity index (χ3n) is 3.58. The monoisotopic (exact) mass is 244 g/mol. The van der Waals surface area contributed by atoms with Gasteiger partial charge in [0.2, 0.25) is 0 Å². The van der Waals surface area contributed by atoms with E-state index in [1.54, 1.807) is 18.5 Å². The fourth-order valence-electron chi connectivity index (χ4n) is 2.41. The quantitative estimate of drug-likeness (QED) is 0.824. The van der Waals surface area contributed by atoms with Crippen LogP contribution in [-0.4, -0.2) is 11.2 Å². The van der Waals surface area contributed by atoms with Gasteiger partial charge in [0.25, 0.3) is 0 Å². The molecule has 5 heteroatoms. The lowest BCUT2D eigenvalue weighted by molar-refractivity contribution is -0.184. The molecule has 2 N–H and O–H groups in total. The molecule has 2 rings (SSSR count). The first kappa shape index (κ1) is 12.4. The Labute approximate surface area is 98.0 Å². The molecule has 94 valence electrons. The molecular weight excluding hydrogens is 229 g/mol. The van der Waals surface area contributed by atoms with Gasteiger partial charge in [0, 0.05) is 17.9 Å². The average molecular weight is 244 g/mol. The smallest absolute Gasteiger partial charge is 0.321 e. The molecule has 0 saturated heterocycles. The standard InChI is InChI=1S/C12H15F3N2/c13-12(14,15)9-3-5-11(16,6-4-9)10-2-1-7-17-8-10/h1-2,7-9H,3-6,16H2. The summed E-state index contributed by atoms with van der Waals surface area (Å²) in [6.07, 6.45) is 0.133. The molecule has 0 bridgehead atoms. The van der Waals surface area contributed by atoms with E-state index in [4.69, 9.17) is 5.73 Å². The third kappa shape index (κ3) is 2.60. The number of halogens is 3. The molecule has 17 heavy (non-hydrogen) atoms. The summed E-state index contributed by atoms with van der Waals surface area (Å²) in [5, 5.41) is 0. The highest BCUT2D eigenvalue weighted by Gasteiger charge is 2.45. The summed E-state index contributed by atoms with van der Waals surface area (Å²) in [5.41, 5.74) is 6.37. The van der Waals surface area contributed by atoms with Crippen molar-refractivity contribution in [1.29, 1.82) is 0 Å². The van der Waals surface area contributed by atoms with E-state index in [-0.39, 0.29) is 12.8 Å². The number of aromatic nitrogens is 1. The molecule has 1 aromatic rings. The van der Waals surface area contributed by atoms with E-state index in [0.717, 1.165) is 5.56 Å². The zero-order chi connectivity index (χ0) is 12.5. The Morgan fingerprint density at radius 3 is 2.41 bits per heavy atom. The van der Waals surface area contributed by atoms with Gasteiger partial charge >= 0.3 is 6.18 Å². The van der Waals surface area contributed by atoms with Gasteiger partial charge in [-0.1, -0.05) is 6.07 Å². The summed E-state index contributed by atoms with van der Waals surface area (Å²) in [6, 6.07) is 3.60. The molecular formula is C12H15F3N2. The minimum Gasteiger partial charge on any atom is -0.321 e. The van der Waals surface area contributed by atoms with E-state index >= 15 is 0 Å². The fourth-order valence-corrected chi connectivity index (χ4v) is 2.41. The zero-order valence-corrected chi connectivity index (χ0v) is 9.37. The molecule has 0 unspecified atom stereocenters. The third-order valence-corrected chi connectivity index (χ3v) is 3.58. The van der Waals surface area contributed by atoms with Gasteiger partial charge in [0.15, 0.2) is 0 Å². The molecule has 2 nitrogen and oxygen atoms in total. The second kappa shape index (κ2) is 4.29. The predicted molar refractivity (Wildman–Crippen MR) is 58.1 cm³/mol. The summed E-state index contributed by atoms with van der Waals surface area (Å²) >= 11 is 0. The predicted octanol–water partition coefficient (Wildman–Crippen LogP) is 2.99. The van der Waals surface area contributed by atoms with Crippen molar-refractivity contribution >= 4 is 0 Å². The van der Waals surface area contributed by atoms with Crippen LogP contribution in [-0.2, 0) is 5.54 Å². The van der Waals surface area contributed by atoms with Crippen LogP contribution in [0, 0.1) is 5.92 Å². The highest BCUT2D eigenvalue weighted by atomic mass is 19.4. The highest BCUT2D eigenvalue weighted by Crippen LogP contribution is 2.43. The van der Waals surface area contributed by atoms with Crippen LogP contribution < -0.4 is 5.73 Å². The number of hydrogen-bond donors (Lipinski definition) is 1. The first-order valence-corrected chi connectivity index (χ1v) is 5.68. The summed E-state index contributed by atoms with van der Waals surface area (Å²) in [5.74, 6) is -1.20. The second-order valence-electron chi connectivity index (χ2n) is 4.71. The Hall–Kier alpha value is -1.10. The zero-order valence-electron chi connectivity index (χ0n) is 9.37. The van der Waals surface area contributed by atoms with E-state index in [1.165, 1.54) is 0 Å². The van der Waals surface area contributed by atoms with Crippen molar-refractivity contribution in [2.75, 3.05) is 0 Å². The Morgan fingerprint density at radius 1 is 1.29 bits per heavy atom. The lowest BCUT2D eigenvalue weighted by atomic mass is 9.73. The summed E-state index contributed by atoms with van der Waals surface area (Å²) < 4.78 is 37.6. The summed E-state index contributed by atoms with van der Waals surface area (Å²) in [7, 11) is 0. The van der Waals surface area contributed by atoms with Crippen LogP contribution in [0.15, 0.2) is 24.5 Å². The first-order chi connectivity index (χ1) is 7.92. The van der Waals surface area contributed by atoms with E-state index in [2.05, 4.69) is 4.98 Å². The molecule has 1 aromatic heterocycles. The number of nitrogens with two attached hydrogens (primary N) is 1. The van der Waals surface area contributed by atoms with Crippen LogP contribution in [0.5, 0.6) is 0 Å². The molecule has 1 aliphatic rings. The Bertz CT molecular complexity index is 367. The normalized spacial score (nSPS) is 30.2. The maximum Gasteiger partial charge on any atom is 0.391 e. The Kier molecular flexibility index (Phi) is 3.12. The minimum absolute atomic E-state index is 0.106. The average Bonchev–Trinajstić information content (AvgIpc) is 2.29. The lowest BCUT2D eigenvalue weighted by Gasteiger charge is -2.37. The number of nitrogens with zero attached hydrogens (tertiary/aromatic N) is 1. The van der Waals surface area contributed by atoms with Crippen molar-refractivity contribution in [3.05, 3.63) is 30.1 Å². The Morgan fingerprint density at radius 2 is 1.94 bits per heavy atom. The van der Waals surface area contributed by atoms with Crippen molar-refractivity contribution < 1.29 is 13.2 Å². The van der Waals surface area contributed by atoms with E-state index in [1.807, 2.05) is 6.07 Å². The molecule has 0 amide bonds.